The standard InChI is InChI=1S/C28H36N4O6/c1-29-23(9-5-7-21-13-25(35-3)17-31-15-21)19-37-27(33)11-12-28(34)38-20-24(30-2)10-6-8-22-14-26(36-4)18-32-16-22/h5-8,11-18,23-24,29-30H,9-10,19-20H2,1-4H3/b7-5+,8-6+,12-11-/t23-,24-/m1/s1. The summed E-state index contributed by atoms with van der Waals surface area (Å²) in [7, 11) is 6.75. The average molecular weight is 525 g/mol. The van der Waals surface area contributed by atoms with Crippen LogP contribution in [0.1, 0.15) is 24.0 Å². The van der Waals surface area contributed by atoms with Crippen LogP contribution in [-0.4, -0.2) is 75.5 Å². The number of methoxy groups -OCH3 is 2. The van der Waals surface area contributed by atoms with E-state index >= 15 is 0 Å². The van der Waals surface area contributed by atoms with Crippen LogP contribution in [0.15, 0.2) is 61.2 Å². The van der Waals surface area contributed by atoms with E-state index in [-0.39, 0.29) is 25.3 Å². The maximum Gasteiger partial charge on any atom is 0.331 e. The number of nitrogens with zero attached hydrogens (tertiary/aromatic N) is 2. The Morgan fingerprint density at radius 2 is 1.18 bits per heavy atom. The van der Waals surface area contributed by atoms with E-state index in [9.17, 15) is 9.59 Å². The maximum atomic E-state index is 12.0. The van der Waals surface area contributed by atoms with Crippen LogP contribution in [0.25, 0.3) is 12.2 Å². The monoisotopic (exact) mass is 524 g/mol. The Labute approximate surface area is 223 Å². The molecule has 0 fully saturated rings. The molecule has 38 heavy (non-hydrogen) atoms. The Balaban J connectivity index is 1.70. The molecule has 0 radical (unpaired) electrons. The van der Waals surface area contributed by atoms with E-state index in [0.717, 1.165) is 23.3 Å². The zero-order valence-electron chi connectivity index (χ0n) is 22.3. The van der Waals surface area contributed by atoms with Gasteiger partial charge in [0, 0.05) is 36.6 Å². The number of pyridine rings is 2. The Bertz CT molecular complexity index is 1020. The Kier molecular flexibility index (Phi) is 13.9. The topological polar surface area (TPSA) is 121 Å². The maximum absolute atomic E-state index is 12.0. The van der Waals surface area contributed by atoms with Gasteiger partial charge in [-0.3, -0.25) is 9.97 Å². The van der Waals surface area contributed by atoms with E-state index in [1.54, 1.807) is 53.1 Å². The van der Waals surface area contributed by atoms with Gasteiger partial charge < -0.3 is 29.6 Å². The lowest BCUT2D eigenvalue weighted by molar-refractivity contribution is -0.141. The Morgan fingerprint density at radius 3 is 1.55 bits per heavy atom. The van der Waals surface area contributed by atoms with E-state index in [0.29, 0.717) is 24.3 Å². The first-order valence-electron chi connectivity index (χ1n) is 12.1. The molecule has 0 saturated carbocycles. The van der Waals surface area contributed by atoms with Gasteiger partial charge in [-0.05, 0) is 50.2 Å². The molecular formula is C28H36N4O6. The van der Waals surface area contributed by atoms with Gasteiger partial charge in [0.1, 0.15) is 24.7 Å². The molecule has 0 unspecified atom stereocenters. The number of hydrogen-bond acceptors (Lipinski definition) is 10. The Hall–Kier alpha value is -4.02. The van der Waals surface area contributed by atoms with Gasteiger partial charge in [0.25, 0.3) is 0 Å². The number of esters is 2. The van der Waals surface area contributed by atoms with Gasteiger partial charge in [0.05, 0.1) is 26.6 Å². The van der Waals surface area contributed by atoms with Crippen LogP contribution in [-0.2, 0) is 19.1 Å². The zero-order chi connectivity index (χ0) is 27.6. The number of hydrogen-bond donors (Lipinski definition) is 2. The quantitative estimate of drug-likeness (QED) is 0.250. The first-order chi connectivity index (χ1) is 18.5. The predicted octanol–water partition coefficient (Wildman–Crippen LogP) is 2.82. The van der Waals surface area contributed by atoms with Crippen molar-refractivity contribution in [1.82, 2.24) is 20.6 Å². The second kappa shape index (κ2) is 17.4. The molecule has 0 aliphatic rings. The predicted molar refractivity (Wildman–Crippen MR) is 146 cm³/mol. The molecule has 0 bridgehead atoms. The molecule has 0 aliphatic heterocycles. The number of carbonyl (C=O) groups excluding carboxylic acids is 2. The first kappa shape index (κ1) is 30.2. The first-order valence-corrected chi connectivity index (χ1v) is 12.1. The van der Waals surface area contributed by atoms with Crippen molar-refractivity contribution in [2.45, 2.75) is 24.9 Å². The van der Waals surface area contributed by atoms with Crippen LogP contribution >= 0.6 is 0 Å². The summed E-state index contributed by atoms with van der Waals surface area (Å²) >= 11 is 0. The molecule has 10 heteroatoms. The van der Waals surface area contributed by atoms with Crippen molar-refractivity contribution >= 4 is 24.1 Å². The van der Waals surface area contributed by atoms with Crippen molar-refractivity contribution in [1.29, 1.82) is 0 Å². The largest absolute Gasteiger partial charge is 0.495 e. The molecule has 0 saturated heterocycles. The molecule has 0 amide bonds. The van der Waals surface area contributed by atoms with Gasteiger partial charge in [-0.15, -0.1) is 0 Å². The smallest absolute Gasteiger partial charge is 0.331 e. The van der Waals surface area contributed by atoms with Gasteiger partial charge >= 0.3 is 11.9 Å². The average Bonchev–Trinajstić information content (AvgIpc) is 2.95. The minimum Gasteiger partial charge on any atom is -0.495 e. The number of rotatable bonds is 16. The second-order valence-corrected chi connectivity index (χ2v) is 8.16. The number of likely N-dealkylation sites (N-methyl/N-ethyl adjacent to an activating group) is 2. The number of nitrogens with one attached hydrogen (secondary N) is 2. The fourth-order valence-electron chi connectivity index (χ4n) is 3.15. The van der Waals surface area contributed by atoms with Crippen molar-refractivity contribution in [3.05, 3.63) is 72.4 Å². The van der Waals surface area contributed by atoms with Crippen LogP contribution in [0.3, 0.4) is 0 Å². The molecule has 0 spiro atoms. The third-order valence-electron chi connectivity index (χ3n) is 5.43. The van der Waals surface area contributed by atoms with Gasteiger partial charge in [-0.1, -0.05) is 24.3 Å². The summed E-state index contributed by atoms with van der Waals surface area (Å²) in [5.74, 6) is 0.112. The van der Waals surface area contributed by atoms with Crippen molar-refractivity contribution in [2.75, 3.05) is 41.5 Å². The van der Waals surface area contributed by atoms with Crippen LogP contribution in [0.5, 0.6) is 11.5 Å². The lowest BCUT2D eigenvalue weighted by Gasteiger charge is -2.14. The van der Waals surface area contributed by atoms with E-state index in [1.807, 2.05) is 36.4 Å². The van der Waals surface area contributed by atoms with Crippen LogP contribution in [0.2, 0.25) is 0 Å². The third-order valence-corrected chi connectivity index (χ3v) is 5.43. The summed E-state index contributed by atoms with van der Waals surface area (Å²) in [4.78, 5) is 32.3. The van der Waals surface area contributed by atoms with Crippen LogP contribution < -0.4 is 20.1 Å². The van der Waals surface area contributed by atoms with Crippen LogP contribution in [0.4, 0.5) is 0 Å². The van der Waals surface area contributed by atoms with E-state index in [2.05, 4.69) is 20.6 Å². The molecule has 204 valence electrons. The van der Waals surface area contributed by atoms with E-state index in [1.165, 1.54) is 0 Å². The van der Waals surface area contributed by atoms with Crippen molar-refractivity contribution in [3.8, 4) is 11.5 Å². The van der Waals surface area contributed by atoms with E-state index < -0.39 is 11.9 Å². The van der Waals surface area contributed by atoms with E-state index in [4.69, 9.17) is 18.9 Å². The van der Waals surface area contributed by atoms with Crippen LogP contribution in [0, 0.1) is 0 Å². The summed E-state index contributed by atoms with van der Waals surface area (Å²) in [5, 5.41) is 6.19. The summed E-state index contributed by atoms with van der Waals surface area (Å²) in [6.45, 7) is 0.290. The molecule has 2 N–H and O–H groups in total. The number of carbonyl (C=O) groups is 2. The van der Waals surface area contributed by atoms with Crippen molar-refractivity contribution < 1.29 is 28.5 Å². The molecule has 2 aromatic rings. The summed E-state index contributed by atoms with van der Waals surface area (Å²) in [6, 6.07) is 3.56. The number of aromatic nitrogens is 2. The number of ether oxygens (including phenoxy) is 4. The van der Waals surface area contributed by atoms with Crippen molar-refractivity contribution in [2.24, 2.45) is 0 Å². The van der Waals surface area contributed by atoms with Gasteiger partial charge in [-0.2, -0.15) is 0 Å². The normalized spacial score (nSPS) is 13.1. The molecule has 0 aromatic carbocycles. The fraction of sp³-hybridized carbons (Fsp3) is 0.357. The highest BCUT2D eigenvalue weighted by Gasteiger charge is 2.10. The summed E-state index contributed by atoms with van der Waals surface area (Å²) in [5.41, 5.74) is 1.81. The summed E-state index contributed by atoms with van der Waals surface area (Å²) in [6.07, 6.45) is 17.9. The summed E-state index contributed by atoms with van der Waals surface area (Å²) < 4.78 is 20.8. The highest BCUT2D eigenvalue weighted by molar-refractivity contribution is 5.91. The molecule has 2 atom stereocenters. The minimum atomic E-state index is -0.622. The highest BCUT2D eigenvalue weighted by atomic mass is 16.5. The second-order valence-electron chi connectivity index (χ2n) is 8.16. The SMILES string of the molecule is CN[C@H](C/C=C/c1cncc(OC)c1)COC(=O)/C=C\C(=O)OC[C@@H](C/C=C/c1cncc(OC)c1)NC. The lowest BCUT2D eigenvalue weighted by atomic mass is 10.2. The minimum absolute atomic E-state index is 0.0914. The third kappa shape index (κ3) is 11.8. The Morgan fingerprint density at radius 1 is 0.763 bits per heavy atom. The molecule has 10 nitrogen and oxygen atoms in total. The molecule has 2 aromatic heterocycles. The lowest BCUT2D eigenvalue weighted by Crippen LogP contribution is -2.31. The highest BCUT2D eigenvalue weighted by Crippen LogP contribution is 2.13. The van der Waals surface area contributed by atoms with Gasteiger partial charge in [-0.25, -0.2) is 9.59 Å². The fourth-order valence-corrected chi connectivity index (χ4v) is 3.15. The molecular weight excluding hydrogens is 488 g/mol. The van der Waals surface area contributed by atoms with Gasteiger partial charge in [0.2, 0.25) is 0 Å². The molecule has 0 aliphatic carbocycles. The van der Waals surface area contributed by atoms with Crippen molar-refractivity contribution in [3.63, 3.8) is 0 Å². The van der Waals surface area contributed by atoms with Gasteiger partial charge in [0.15, 0.2) is 0 Å². The zero-order valence-corrected chi connectivity index (χ0v) is 22.3. The molecule has 2 rings (SSSR count). The molecule has 2 heterocycles.